The summed E-state index contributed by atoms with van der Waals surface area (Å²) in [5, 5.41) is 0.518. The fourth-order valence-corrected chi connectivity index (χ4v) is 3.77. The van der Waals surface area contributed by atoms with Crippen LogP contribution < -0.4 is 9.47 Å². The summed E-state index contributed by atoms with van der Waals surface area (Å²) >= 11 is 6.33. The third kappa shape index (κ3) is 6.70. The van der Waals surface area contributed by atoms with Crippen molar-refractivity contribution in [2.75, 3.05) is 34.4 Å². The Morgan fingerprint density at radius 2 is 1.70 bits per heavy atom. The molecule has 3 aromatic rings. The van der Waals surface area contributed by atoms with E-state index in [0.29, 0.717) is 28.7 Å². The van der Waals surface area contributed by atoms with Crippen molar-refractivity contribution in [2.24, 2.45) is 0 Å². The van der Waals surface area contributed by atoms with Gasteiger partial charge >= 0.3 is 0 Å². The molecule has 5 heteroatoms. The summed E-state index contributed by atoms with van der Waals surface area (Å²) in [5.41, 5.74) is 5.67. The van der Waals surface area contributed by atoms with E-state index in [1.165, 1.54) is 17.2 Å². The zero-order valence-corrected chi connectivity index (χ0v) is 20.6. The number of hydrogen-bond donors (Lipinski definition) is 0. The van der Waals surface area contributed by atoms with Crippen LogP contribution in [0.4, 0.5) is 0 Å². The van der Waals surface area contributed by atoms with E-state index in [-0.39, 0.29) is 5.78 Å². The molecule has 4 nitrogen and oxygen atoms in total. The average molecular weight is 464 g/mol. The molecule has 0 aliphatic carbocycles. The number of halogens is 1. The highest BCUT2D eigenvalue weighted by Crippen LogP contribution is 2.30. The number of aryl methyl sites for hydroxylation is 2. The Kier molecular flexibility index (Phi) is 8.32. The van der Waals surface area contributed by atoms with Crippen molar-refractivity contribution in [1.29, 1.82) is 0 Å². The Hall–Kier alpha value is -3.08. The summed E-state index contributed by atoms with van der Waals surface area (Å²) in [6.45, 7) is 5.39. The normalized spacial score (nSPS) is 11.2. The molecule has 3 rings (SSSR count). The second-order valence-corrected chi connectivity index (χ2v) is 8.73. The summed E-state index contributed by atoms with van der Waals surface area (Å²) in [6, 6.07) is 17.5. The van der Waals surface area contributed by atoms with Gasteiger partial charge in [-0.1, -0.05) is 47.0 Å². The molecular weight excluding hydrogens is 434 g/mol. The highest BCUT2D eigenvalue weighted by Gasteiger charge is 2.14. The summed E-state index contributed by atoms with van der Waals surface area (Å²) in [4.78, 5) is 15.3. The molecule has 0 N–H and O–H groups in total. The first-order valence-corrected chi connectivity index (χ1v) is 11.2. The molecule has 0 bridgehead atoms. The van der Waals surface area contributed by atoms with Gasteiger partial charge in [-0.05, 0) is 87.1 Å². The molecule has 0 aliphatic rings. The monoisotopic (exact) mass is 463 g/mol. The predicted octanol–water partition coefficient (Wildman–Crippen LogP) is 6.47. The minimum absolute atomic E-state index is 0.145. The SMILES string of the molecule is COc1ccc(C=CC(=O)c2cc(-c3cc(C)cc(C)c3)ccc2OCCN(C)C)c(Cl)c1. The van der Waals surface area contributed by atoms with Crippen LogP contribution in [0.1, 0.15) is 27.0 Å². The zero-order valence-electron chi connectivity index (χ0n) is 19.8. The predicted molar refractivity (Wildman–Crippen MR) is 137 cm³/mol. The molecule has 0 radical (unpaired) electrons. The van der Waals surface area contributed by atoms with E-state index < -0.39 is 0 Å². The first-order valence-electron chi connectivity index (χ1n) is 10.8. The van der Waals surface area contributed by atoms with Gasteiger partial charge in [-0.2, -0.15) is 0 Å². The third-order valence-corrected chi connectivity index (χ3v) is 5.55. The number of carbonyl (C=O) groups excluding carboxylic acids is 1. The van der Waals surface area contributed by atoms with Gasteiger partial charge in [0.25, 0.3) is 0 Å². The van der Waals surface area contributed by atoms with Gasteiger partial charge in [-0.25, -0.2) is 0 Å². The van der Waals surface area contributed by atoms with Gasteiger partial charge in [0.15, 0.2) is 5.78 Å². The van der Waals surface area contributed by atoms with Crippen molar-refractivity contribution in [2.45, 2.75) is 13.8 Å². The molecule has 3 aromatic carbocycles. The molecule has 172 valence electrons. The van der Waals surface area contributed by atoms with Crippen molar-refractivity contribution >= 4 is 23.5 Å². The van der Waals surface area contributed by atoms with Crippen LogP contribution in [0.25, 0.3) is 17.2 Å². The highest BCUT2D eigenvalue weighted by molar-refractivity contribution is 6.32. The van der Waals surface area contributed by atoms with Gasteiger partial charge in [-0.15, -0.1) is 0 Å². The molecule has 0 spiro atoms. The number of rotatable bonds is 9. The number of ether oxygens (including phenoxy) is 2. The molecule has 0 saturated carbocycles. The van der Waals surface area contributed by atoms with Crippen LogP contribution in [-0.2, 0) is 0 Å². The standard InChI is InChI=1S/C28H30ClNO3/c1-19-14-20(2)16-23(15-19)22-8-11-28(33-13-12-30(3)4)25(17-22)27(31)10-7-21-6-9-24(32-5)18-26(21)29/h6-11,14-18H,12-13H2,1-5H3. The van der Waals surface area contributed by atoms with Gasteiger partial charge in [0.2, 0.25) is 0 Å². The average Bonchev–Trinajstić information content (AvgIpc) is 2.77. The molecule has 33 heavy (non-hydrogen) atoms. The van der Waals surface area contributed by atoms with Gasteiger partial charge in [0.1, 0.15) is 18.1 Å². The van der Waals surface area contributed by atoms with Crippen molar-refractivity contribution in [1.82, 2.24) is 4.90 Å². The fraction of sp³-hybridized carbons (Fsp3) is 0.250. The number of carbonyl (C=O) groups is 1. The quantitative estimate of drug-likeness (QED) is 0.269. The lowest BCUT2D eigenvalue weighted by molar-refractivity contribution is 0.104. The van der Waals surface area contributed by atoms with E-state index in [4.69, 9.17) is 21.1 Å². The molecule has 0 amide bonds. The number of nitrogens with zero attached hydrogens (tertiary/aromatic N) is 1. The number of benzene rings is 3. The Morgan fingerprint density at radius 1 is 0.970 bits per heavy atom. The van der Waals surface area contributed by atoms with Crippen LogP contribution in [0.15, 0.2) is 60.7 Å². The fourth-order valence-electron chi connectivity index (χ4n) is 3.53. The van der Waals surface area contributed by atoms with E-state index in [1.54, 1.807) is 19.3 Å². The maximum atomic E-state index is 13.2. The number of methoxy groups -OCH3 is 1. The molecule has 0 unspecified atom stereocenters. The Morgan fingerprint density at radius 3 is 2.33 bits per heavy atom. The summed E-state index contributed by atoms with van der Waals surface area (Å²) < 4.78 is 11.2. The third-order valence-electron chi connectivity index (χ3n) is 5.22. The molecule has 0 aliphatic heterocycles. The first kappa shape index (κ1) is 24.6. The first-order chi connectivity index (χ1) is 15.8. The topological polar surface area (TPSA) is 38.8 Å². The molecule has 0 fully saturated rings. The van der Waals surface area contributed by atoms with Crippen LogP contribution in [0.5, 0.6) is 11.5 Å². The number of allylic oxidation sites excluding steroid dienone is 1. The second-order valence-electron chi connectivity index (χ2n) is 8.32. The van der Waals surface area contributed by atoms with E-state index in [0.717, 1.165) is 23.2 Å². The van der Waals surface area contributed by atoms with Crippen molar-refractivity contribution in [3.63, 3.8) is 0 Å². The second kappa shape index (κ2) is 11.2. The lowest BCUT2D eigenvalue weighted by Crippen LogP contribution is -2.20. The van der Waals surface area contributed by atoms with Gasteiger partial charge in [0.05, 0.1) is 17.7 Å². The van der Waals surface area contributed by atoms with Crippen LogP contribution in [-0.4, -0.2) is 45.0 Å². The maximum Gasteiger partial charge on any atom is 0.189 e. The van der Waals surface area contributed by atoms with Crippen molar-refractivity contribution in [3.05, 3.63) is 87.9 Å². The van der Waals surface area contributed by atoms with Gasteiger partial charge < -0.3 is 14.4 Å². The summed E-state index contributed by atoms with van der Waals surface area (Å²) in [7, 11) is 5.56. The lowest BCUT2D eigenvalue weighted by Gasteiger charge is -2.15. The van der Waals surface area contributed by atoms with Crippen LogP contribution in [0, 0.1) is 13.8 Å². The maximum absolute atomic E-state index is 13.2. The summed E-state index contributed by atoms with van der Waals surface area (Å²) in [6.07, 6.45) is 3.25. The van der Waals surface area contributed by atoms with Gasteiger partial charge in [-0.3, -0.25) is 4.79 Å². The van der Waals surface area contributed by atoms with E-state index in [1.807, 2.05) is 49.3 Å². The van der Waals surface area contributed by atoms with E-state index in [9.17, 15) is 4.79 Å². The molecule has 0 heterocycles. The molecule has 0 aromatic heterocycles. The van der Waals surface area contributed by atoms with E-state index >= 15 is 0 Å². The smallest absolute Gasteiger partial charge is 0.189 e. The van der Waals surface area contributed by atoms with Crippen LogP contribution >= 0.6 is 11.6 Å². The van der Waals surface area contributed by atoms with E-state index in [2.05, 4.69) is 32.0 Å². The van der Waals surface area contributed by atoms with Crippen molar-refractivity contribution in [3.8, 4) is 22.6 Å². The van der Waals surface area contributed by atoms with Crippen LogP contribution in [0.3, 0.4) is 0 Å². The molecular formula is C28H30ClNO3. The van der Waals surface area contributed by atoms with Crippen LogP contribution in [0.2, 0.25) is 5.02 Å². The minimum Gasteiger partial charge on any atom is -0.497 e. The number of likely N-dealkylation sites (N-methyl/N-ethyl adjacent to an activating group) is 1. The Balaban J connectivity index is 1.95. The minimum atomic E-state index is -0.145. The lowest BCUT2D eigenvalue weighted by atomic mass is 9.97. The zero-order chi connectivity index (χ0) is 24.0. The Labute approximate surface area is 201 Å². The molecule has 0 atom stereocenters. The summed E-state index contributed by atoms with van der Waals surface area (Å²) in [5.74, 6) is 1.09. The van der Waals surface area contributed by atoms with Crippen molar-refractivity contribution < 1.29 is 14.3 Å². The largest absolute Gasteiger partial charge is 0.497 e. The number of hydrogen-bond acceptors (Lipinski definition) is 4. The number of ketones is 1. The van der Waals surface area contributed by atoms with Gasteiger partial charge in [0, 0.05) is 6.54 Å². The highest BCUT2D eigenvalue weighted by atomic mass is 35.5. The molecule has 0 saturated heterocycles. The Bertz CT molecular complexity index is 1150.